The summed E-state index contributed by atoms with van der Waals surface area (Å²) >= 11 is 0. The molecule has 1 saturated carbocycles. The largest absolute Gasteiger partial charge is 0.342 e. The molecule has 2 amide bonds. The monoisotopic (exact) mass is 359 g/mol. The van der Waals surface area contributed by atoms with E-state index >= 15 is 0 Å². The summed E-state index contributed by atoms with van der Waals surface area (Å²) in [5.74, 6) is 1.01. The number of hydrogen-bond acceptors (Lipinski definition) is 4. The quantitative estimate of drug-likeness (QED) is 0.813. The van der Waals surface area contributed by atoms with Crippen molar-refractivity contribution in [3.05, 3.63) is 18.7 Å². The Morgan fingerprint density at radius 3 is 2.92 bits per heavy atom. The Morgan fingerprint density at radius 1 is 1.38 bits per heavy atom. The van der Waals surface area contributed by atoms with Gasteiger partial charge in [-0.3, -0.25) is 9.59 Å². The Hall–Kier alpha value is -1.89. The van der Waals surface area contributed by atoms with Gasteiger partial charge in [0.25, 0.3) is 0 Å². The molecule has 1 aliphatic carbocycles. The smallest absolute Gasteiger partial charge is 0.230 e. The predicted molar refractivity (Wildman–Crippen MR) is 97.2 cm³/mol. The highest BCUT2D eigenvalue weighted by molar-refractivity contribution is 5.85. The summed E-state index contributed by atoms with van der Waals surface area (Å²) in [7, 11) is 1.92. The molecule has 26 heavy (non-hydrogen) atoms. The van der Waals surface area contributed by atoms with E-state index in [4.69, 9.17) is 0 Å². The van der Waals surface area contributed by atoms with Crippen LogP contribution in [0.25, 0.3) is 0 Å². The van der Waals surface area contributed by atoms with Crippen molar-refractivity contribution in [3.63, 3.8) is 0 Å². The number of nitrogens with zero attached hydrogens (tertiary/aromatic N) is 4. The van der Waals surface area contributed by atoms with Gasteiger partial charge in [-0.1, -0.05) is 0 Å². The third kappa shape index (κ3) is 3.24. The molecule has 4 rings (SSSR count). The summed E-state index contributed by atoms with van der Waals surface area (Å²) in [5, 5.41) is 3.14. The van der Waals surface area contributed by atoms with Crippen LogP contribution >= 0.6 is 0 Å². The Morgan fingerprint density at radius 2 is 2.23 bits per heavy atom. The Balaban J connectivity index is 1.40. The van der Waals surface area contributed by atoms with Gasteiger partial charge in [0.05, 0.1) is 11.7 Å². The number of aromatic nitrogens is 2. The van der Waals surface area contributed by atoms with Crippen LogP contribution in [-0.4, -0.2) is 70.4 Å². The van der Waals surface area contributed by atoms with E-state index in [0.29, 0.717) is 24.3 Å². The normalized spacial score (nSPS) is 27.3. The Bertz CT molecular complexity index is 655. The molecule has 2 aliphatic heterocycles. The molecule has 7 heteroatoms. The van der Waals surface area contributed by atoms with Crippen molar-refractivity contribution in [1.82, 2.24) is 24.7 Å². The number of likely N-dealkylation sites (tertiary alicyclic amines) is 2. The average Bonchev–Trinajstić information content (AvgIpc) is 3.25. The standard InChI is InChI=1S/C19H29N5O2/c1-20-7-11-24-16-4-9-23(12-15(16)2-3-17(24)25)18(26)19(5-6-19)13-22-10-8-21-14-22/h8,10,14-16,20H,2-7,9,11-13H2,1H3/t15-,16+/m0/s1. The SMILES string of the molecule is CNCCN1C(=O)CC[C@H]2CN(C(=O)C3(Cn4ccnc4)CC3)CC[C@H]21. The maximum atomic E-state index is 13.2. The lowest BCUT2D eigenvalue weighted by Gasteiger charge is -2.47. The van der Waals surface area contributed by atoms with Gasteiger partial charge in [0.2, 0.25) is 11.8 Å². The lowest BCUT2D eigenvalue weighted by atomic mass is 9.83. The van der Waals surface area contributed by atoms with Crippen molar-refractivity contribution < 1.29 is 9.59 Å². The average molecular weight is 359 g/mol. The highest BCUT2D eigenvalue weighted by Gasteiger charge is 2.53. The highest BCUT2D eigenvalue weighted by atomic mass is 16.2. The first-order chi connectivity index (χ1) is 12.6. The molecular formula is C19H29N5O2. The van der Waals surface area contributed by atoms with Gasteiger partial charge in [-0.05, 0) is 38.6 Å². The molecule has 3 fully saturated rings. The molecule has 0 spiro atoms. The van der Waals surface area contributed by atoms with Crippen LogP contribution in [0, 0.1) is 11.3 Å². The molecule has 3 aliphatic rings. The van der Waals surface area contributed by atoms with E-state index in [-0.39, 0.29) is 11.3 Å². The highest BCUT2D eigenvalue weighted by Crippen LogP contribution is 2.49. The van der Waals surface area contributed by atoms with Crippen LogP contribution in [0.1, 0.15) is 32.1 Å². The van der Waals surface area contributed by atoms with Crippen molar-refractivity contribution in [1.29, 1.82) is 0 Å². The van der Waals surface area contributed by atoms with Gasteiger partial charge in [-0.25, -0.2) is 4.98 Å². The van der Waals surface area contributed by atoms with E-state index in [1.165, 1.54) is 0 Å². The maximum Gasteiger partial charge on any atom is 0.230 e. The van der Waals surface area contributed by atoms with Gasteiger partial charge in [0.1, 0.15) is 0 Å². The fraction of sp³-hybridized carbons (Fsp3) is 0.737. The van der Waals surface area contributed by atoms with Gasteiger partial charge in [-0.2, -0.15) is 0 Å². The van der Waals surface area contributed by atoms with Crippen molar-refractivity contribution >= 4 is 11.8 Å². The van der Waals surface area contributed by atoms with Crippen LogP contribution in [0.2, 0.25) is 0 Å². The zero-order valence-electron chi connectivity index (χ0n) is 15.6. The number of carbonyl (C=O) groups excluding carboxylic acids is 2. The molecule has 0 radical (unpaired) electrons. The van der Waals surface area contributed by atoms with E-state index < -0.39 is 0 Å². The maximum absolute atomic E-state index is 13.2. The predicted octanol–water partition coefficient (Wildman–Crippen LogP) is 0.722. The molecule has 1 aromatic rings. The van der Waals surface area contributed by atoms with Crippen LogP contribution in [0.15, 0.2) is 18.7 Å². The second-order valence-corrected chi connectivity index (χ2v) is 8.11. The van der Waals surface area contributed by atoms with Crippen molar-refractivity contribution in [2.24, 2.45) is 11.3 Å². The van der Waals surface area contributed by atoms with Crippen LogP contribution in [0.4, 0.5) is 0 Å². The molecular weight excluding hydrogens is 330 g/mol. The first-order valence-corrected chi connectivity index (χ1v) is 9.82. The first kappa shape index (κ1) is 17.5. The fourth-order valence-corrected chi connectivity index (χ4v) is 4.71. The minimum Gasteiger partial charge on any atom is -0.342 e. The number of fused-ring (bicyclic) bond motifs is 1. The number of piperidine rings is 2. The lowest BCUT2D eigenvalue weighted by Crippen LogP contribution is -2.58. The number of rotatable bonds is 6. The third-order valence-electron chi connectivity index (χ3n) is 6.39. The van der Waals surface area contributed by atoms with Crippen LogP contribution < -0.4 is 5.32 Å². The van der Waals surface area contributed by atoms with Gasteiger partial charge >= 0.3 is 0 Å². The van der Waals surface area contributed by atoms with Gasteiger partial charge in [-0.15, -0.1) is 0 Å². The number of nitrogens with one attached hydrogen (secondary N) is 1. The minimum absolute atomic E-state index is 0.218. The van der Waals surface area contributed by atoms with E-state index in [1.807, 2.05) is 17.8 Å². The summed E-state index contributed by atoms with van der Waals surface area (Å²) in [6.07, 6.45) is 9.89. The van der Waals surface area contributed by atoms with Gasteiger partial charge in [0, 0.05) is 57.6 Å². The summed E-state index contributed by atoms with van der Waals surface area (Å²) in [6, 6.07) is 0.303. The lowest BCUT2D eigenvalue weighted by molar-refractivity contribution is -0.146. The van der Waals surface area contributed by atoms with Crippen LogP contribution in [0.3, 0.4) is 0 Å². The van der Waals surface area contributed by atoms with Crippen LogP contribution in [0.5, 0.6) is 0 Å². The number of likely N-dealkylation sites (N-methyl/N-ethyl adjacent to an activating group) is 1. The fourth-order valence-electron chi connectivity index (χ4n) is 4.71. The van der Waals surface area contributed by atoms with Gasteiger partial charge in [0.15, 0.2) is 0 Å². The van der Waals surface area contributed by atoms with Crippen molar-refractivity contribution in [2.45, 2.75) is 44.7 Å². The first-order valence-electron chi connectivity index (χ1n) is 9.82. The number of hydrogen-bond donors (Lipinski definition) is 1. The summed E-state index contributed by atoms with van der Waals surface area (Å²) in [4.78, 5) is 33.8. The Kier molecular flexibility index (Phi) is 4.73. The number of carbonyl (C=O) groups is 2. The second kappa shape index (κ2) is 7.02. The molecule has 3 heterocycles. The molecule has 1 N–H and O–H groups in total. The molecule has 2 atom stereocenters. The summed E-state index contributed by atoms with van der Waals surface area (Å²) < 4.78 is 2.02. The minimum atomic E-state index is -0.218. The summed E-state index contributed by atoms with van der Waals surface area (Å²) in [5.41, 5.74) is -0.218. The van der Waals surface area contributed by atoms with E-state index in [9.17, 15) is 9.59 Å². The molecule has 142 valence electrons. The Labute approximate surface area is 154 Å². The molecule has 0 unspecified atom stereocenters. The van der Waals surface area contributed by atoms with E-state index in [0.717, 1.165) is 58.4 Å². The third-order valence-corrected chi connectivity index (χ3v) is 6.39. The molecule has 0 bridgehead atoms. The van der Waals surface area contributed by atoms with E-state index in [2.05, 4.69) is 20.1 Å². The molecule has 1 aromatic heterocycles. The van der Waals surface area contributed by atoms with Gasteiger partial charge < -0.3 is 19.7 Å². The topological polar surface area (TPSA) is 70.5 Å². The summed E-state index contributed by atoms with van der Waals surface area (Å²) in [6.45, 7) is 3.91. The number of amides is 2. The zero-order chi connectivity index (χ0) is 18.1. The molecule has 2 saturated heterocycles. The zero-order valence-corrected chi connectivity index (χ0v) is 15.6. The van der Waals surface area contributed by atoms with Crippen molar-refractivity contribution in [2.75, 3.05) is 33.2 Å². The van der Waals surface area contributed by atoms with Crippen LogP contribution in [-0.2, 0) is 16.1 Å². The van der Waals surface area contributed by atoms with Crippen molar-refractivity contribution in [3.8, 4) is 0 Å². The van der Waals surface area contributed by atoms with E-state index in [1.54, 1.807) is 12.5 Å². The molecule has 0 aromatic carbocycles. The second-order valence-electron chi connectivity index (χ2n) is 8.11. The number of imidazole rings is 1. The molecule has 7 nitrogen and oxygen atoms in total.